The second-order valence-corrected chi connectivity index (χ2v) is 6.33. The van der Waals surface area contributed by atoms with Crippen molar-refractivity contribution in [1.29, 1.82) is 0 Å². The molecule has 0 amide bonds. The van der Waals surface area contributed by atoms with Gasteiger partial charge in [0.05, 0.1) is 11.4 Å². The molecular weight excluding hydrogens is 308 g/mol. The van der Waals surface area contributed by atoms with Crippen LogP contribution in [-0.2, 0) is 0 Å². The second-order valence-electron chi connectivity index (χ2n) is 5.15. The molecule has 1 N–H and O–H groups in total. The largest absolute Gasteiger partial charge is 0.307 e. The number of thiazole rings is 1. The van der Waals surface area contributed by atoms with Gasteiger partial charge >= 0.3 is 0 Å². The van der Waals surface area contributed by atoms with Crippen LogP contribution in [0.2, 0.25) is 0 Å². The number of fused-ring (bicyclic) bond motifs is 1. The number of nitrogens with one attached hydrogen (secondary N) is 1. The maximum atomic E-state index is 4.49. The summed E-state index contributed by atoms with van der Waals surface area (Å²) in [5.41, 5.74) is 3.01. The molecule has 23 heavy (non-hydrogen) atoms. The van der Waals surface area contributed by atoms with Crippen molar-refractivity contribution in [3.8, 4) is 11.3 Å². The van der Waals surface area contributed by atoms with Crippen LogP contribution in [0.4, 0.5) is 11.8 Å². The standard InChI is InChI=1S/C16H14N6S/c1-10-11(2)23-16-20-15(21-22(10)16)19-14-8-13(17-9-18-14)12-6-4-3-5-7-12/h3-9H,1-2H3,(H,17,18,19,21). The predicted molar refractivity (Wildman–Crippen MR) is 91.1 cm³/mol. The lowest BCUT2D eigenvalue weighted by Gasteiger charge is -2.04. The molecule has 0 saturated heterocycles. The fourth-order valence-electron chi connectivity index (χ4n) is 2.30. The molecule has 7 heteroatoms. The molecule has 3 aromatic heterocycles. The highest BCUT2D eigenvalue weighted by atomic mass is 32.1. The Morgan fingerprint density at radius 3 is 2.70 bits per heavy atom. The topological polar surface area (TPSA) is 68.0 Å². The number of aromatic nitrogens is 5. The summed E-state index contributed by atoms with van der Waals surface area (Å²) in [6.07, 6.45) is 1.54. The molecule has 4 aromatic rings. The SMILES string of the molecule is Cc1sc2nc(Nc3cc(-c4ccccc4)ncn3)nn2c1C. The lowest BCUT2D eigenvalue weighted by atomic mass is 10.1. The molecular formula is C16H14N6S. The van der Waals surface area contributed by atoms with Crippen molar-refractivity contribution in [2.45, 2.75) is 13.8 Å². The van der Waals surface area contributed by atoms with E-state index in [0.717, 1.165) is 21.9 Å². The average Bonchev–Trinajstić information content (AvgIpc) is 3.08. The molecule has 0 atom stereocenters. The van der Waals surface area contributed by atoms with Crippen LogP contribution in [0.15, 0.2) is 42.7 Å². The molecule has 0 unspecified atom stereocenters. The summed E-state index contributed by atoms with van der Waals surface area (Å²) >= 11 is 1.63. The highest BCUT2D eigenvalue weighted by Crippen LogP contribution is 2.23. The van der Waals surface area contributed by atoms with Crippen LogP contribution in [0.1, 0.15) is 10.6 Å². The quantitative estimate of drug-likeness (QED) is 0.624. The van der Waals surface area contributed by atoms with Gasteiger partial charge in [0.15, 0.2) is 0 Å². The molecule has 6 nitrogen and oxygen atoms in total. The Labute approximate surface area is 136 Å². The van der Waals surface area contributed by atoms with E-state index in [4.69, 9.17) is 0 Å². The van der Waals surface area contributed by atoms with E-state index in [0.29, 0.717) is 11.8 Å². The fraction of sp³-hybridized carbons (Fsp3) is 0.125. The van der Waals surface area contributed by atoms with E-state index in [-0.39, 0.29) is 0 Å². The summed E-state index contributed by atoms with van der Waals surface area (Å²) < 4.78 is 1.85. The number of nitrogens with zero attached hydrogens (tertiary/aromatic N) is 5. The third-order valence-corrected chi connectivity index (χ3v) is 4.67. The summed E-state index contributed by atoms with van der Waals surface area (Å²) in [4.78, 5) is 15.1. The summed E-state index contributed by atoms with van der Waals surface area (Å²) in [5.74, 6) is 1.21. The van der Waals surface area contributed by atoms with Crippen molar-refractivity contribution in [3.63, 3.8) is 0 Å². The summed E-state index contributed by atoms with van der Waals surface area (Å²) in [6, 6.07) is 11.9. The van der Waals surface area contributed by atoms with Gasteiger partial charge in [-0.3, -0.25) is 0 Å². The average molecular weight is 322 g/mol. The van der Waals surface area contributed by atoms with E-state index >= 15 is 0 Å². The Kier molecular flexibility index (Phi) is 3.27. The number of aryl methyl sites for hydroxylation is 2. The number of hydrogen-bond donors (Lipinski definition) is 1. The number of benzene rings is 1. The molecule has 1 aromatic carbocycles. The molecule has 0 aliphatic carbocycles. The van der Waals surface area contributed by atoms with Gasteiger partial charge in [-0.1, -0.05) is 41.7 Å². The third kappa shape index (κ3) is 2.55. The van der Waals surface area contributed by atoms with Crippen LogP contribution in [0.5, 0.6) is 0 Å². The summed E-state index contributed by atoms with van der Waals surface area (Å²) in [7, 11) is 0. The van der Waals surface area contributed by atoms with Gasteiger partial charge in [-0.25, -0.2) is 14.5 Å². The highest BCUT2D eigenvalue weighted by molar-refractivity contribution is 7.17. The normalized spacial score (nSPS) is 11.0. The van der Waals surface area contributed by atoms with Crippen LogP contribution in [0.3, 0.4) is 0 Å². The first kappa shape index (κ1) is 13.8. The summed E-state index contributed by atoms with van der Waals surface area (Å²) in [6.45, 7) is 4.11. The first-order chi connectivity index (χ1) is 11.2. The van der Waals surface area contributed by atoms with Crippen molar-refractivity contribution in [3.05, 3.63) is 53.3 Å². The second kappa shape index (κ2) is 5.44. The first-order valence-corrected chi connectivity index (χ1v) is 7.99. The van der Waals surface area contributed by atoms with Crippen molar-refractivity contribution >= 4 is 28.1 Å². The smallest absolute Gasteiger partial charge is 0.249 e. The molecule has 0 aliphatic heterocycles. The van der Waals surface area contributed by atoms with Crippen LogP contribution >= 0.6 is 11.3 Å². The maximum Gasteiger partial charge on any atom is 0.249 e. The Morgan fingerprint density at radius 1 is 1.09 bits per heavy atom. The fourth-order valence-corrected chi connectivity index (χ4v) is 3.21. The van der Waals surface area contributed by atoms with Crippen molar-refractivity contribution in [2.75, 3.05) is 5.32 Å². The van der Waals surface area contributed by atoms with Crippen molar-refractivity contribution in [2.24, 2.45) is 0 Å². The molecule has 0 radical (unpaired) electrons. The molecule has 0 fully saturated rings. The van der Waals surface area contributed by atoms with Gasteiger partial charge in [-0.15, -0.1) is 5.10 Å². The van der Waals surface area contributed by atoms with Gasteiger partial charge in [0.25, 0.3) is 0 Å². The zero-order valence-corrected chi connectivity index (χ0v) is 13.5. The first-order valence-electron chi connectivity index (χ1n) is 7.18. The van der Waals surface area contributed by atoms with Crippen molar-refractivity contribution < 1.29 is 0 Å². The molecule has 0 saturated carbocycles. The third-order valence-electron chi connectivity index (χ3n) is 3.63. The molecule has 4 rings (SSSR count). The molecule has 0 aliphatic rings. The maximum absolute atomic E-state index is 4.49. The van der Waals surface area contributed by atoms with E-state index in [1.165, 1.54) is 4.88 Å². The highest BCUT2D eigenvalue weighted by Gasteiger charge is 2.11. The molecule has 0 bridgehead atoms. The van der Waals surface area contributed by atoms with E-state index in [9.17, 15) is 0 Å². The Morgan fingerprint density at radius 2 is 1.91 bits per heavy atom. The molecule has 0 spiro atoms. The monoisotopic (exact) mass is 322 g/mol. The van der Waals surface area contributed by atoms with Crippen LogP contribution in [0.25, 0.3) is 16.2 Å². The Hall–Kier alpha value is -2.80. The minimum atomic E-state index is 0.539. The van der Waals surface area contributed by atoms with Crippen LogP contribution in [-0.4, -0.2) is 24.6 Å². The number of hydrogen-bond acceptors (Lipinski definition) is 6. The van der Waals surface area contributed by atoms with E-state index in [1.807, 2.05) is 47.8 Å². The zero-order valence-electron chi connectivity index (χ0n) is 12.7. The van der Waals surface area contributed by atoms with Gasteiger partial charge in [0.2, 0.25) is 10.9 Å². The lowest BCUT2D eigenvalue weighted by molar-refractivity contribution is 0.927. The van der Waals surface area contributed by atoms with Gasteiger partial charge < -0.3 is 5.32 Å². The van der Waals surface area contributed by atoms with Gasteiger partial charge in [0.1, 0.15) is 12.1 Å². The Balaban J connectivity index is 1.65. The zero-order chi connectivity index (χ0) is 15.8. The van der Waals surface area contributed by atoms with Crippen LogP contribution < -0.4 is 5.32 Å². The van der Waals surface area contributed by atoms with Gasteiger partial charge in [-0.05, 0) is 13.8 Å². The van der Waals surface area contributed by atoms with Gasteiger partial charge in [-0.2, -0.15) is 4.98 Å². The number of rotatable bonds is 3. The van der Waals surface area contributed by atoms with E-state index < -0.39 is 0 Å². The molecule has 3 heterocycles. The Bertz CT molecular complexity index is 973. The molecule has 114 valence electrons. The van der Waals surface area contributed by atoms with E-state index in [1.54, 1.807) is 17.7 Å². The van der Waals surface area contributed by atoms with Crippen molar-refractivity contribution in [1.82, 2.24) is 24.6 Å². The number of anilines is 2. The van der Waals surface area contributed by atoms with Gasteiger partial charge in [0, 0.05) is 16.5 Å². The summed E-state index contributed by atoms with van der Waals surface area (Å²) in [5, 5.41) is 7.62. The lowest BCUT2D eigenvalue weighted by Crippen LogP contribution is -1.98. The minimum absolute atomic E-state index is 0.539. The van der Waals surface area contributed by atoms with Crippen LogP contribution in [0, 0.1) is 13.8 Å². The predicted octanol–water partition coefficient (Wildman–Crippen LogP) is 3.61. The van der Waals surface area contributed by atoms with E-state index in [2.05, 4.69) is 32.3 Å². The minimum Gasteiger partial charge on any atom is -0.307 e.